The summed E-state index contributed by atoms with van der Waals surface area (Å²) in [5.41, 5.74) is 6.38. The molecule has 0 atom stereocenters. The van der Waals surface area contributed by atoms with Crippen LogP contribution >= 0.6 is 0 Å². The van der Waals surface area contributed by atoms with Crippen LogP contribution in [-0.4, -0.2) is 54.6 Å². The number of nitrogens with zero attached hydrogens (tertiary/aromatic N) is 4. The molecule has 9 heteroatoms. The molecule has 1 aromatic heterocycles. The van der Waals surface area contributed by atoms with E-state index >= 15 is 0 Å². The summed E-state index contributed by atoms with van der Waals surface area (Å²) in [4.78, 5) is 15.4. The molecule has 0 bridgehead atoms. The maximum absolute atomic E-state index is 13.6. The van der Waals surface area contributed by atoms with Crippen LogP contribution in [0.15, 0.2) is 47.6 Å². The molecular formula is C26H33N5O3S. The number of carbonyl (C=O) groups is 1. The summed E-state index contributed by atoms with van der Waals surface area (Å²) < 4.78 is 30.1. The molecule has 1 amide bonds. The van der Waals surface area contributed by atoms with E-state index in [9.17, 15) is 13.2 Å². The van der Waals surface area contributed by atoms with Crippen LogP contribution in [0.1, 0.15) is 39.5 Å². The minimum absolute atomic E-state index is 0.0574. The molecule has 1 N–H and O–H groups in total. The highest BCUT2D eigenvalue weighted by Crippen LogP contribution is 2.27. The zero-order valence-electron chi connectivity index (χ0n) is 21.0. The maximum Gasteiger partial charge on any atom is 0.263 e. The summed E-state index contributed by atoms with van der Waals surface area (Å²) in [5, 5.41) is 6.93. The van der Waals surface area contributed by atoms with Gasteiger partial charge in [0.25, 0.3) is 15.9 Å². The van der Waals surface area contributed by atoms with E-state index in [0.717, 1.165) is 16.8 Å². The summed E-state index contributed by atoms with van der Waals surface area (Å²) in [5.74, 6) is -0.486. The van der Waals surface area contributed by atoms with E-state index in [0.29, 0.717) is 38.4 Å². The first-order valence-electron chi connectivity index (χ1n) is 11.9. The van der Waals surface area contributed by atoms with Crippen LogP contribution in [0.4, 0.5) is 11.4 Å². The molecule has 0 spiro atoms. The second-order valence-corrected chi connectivity index (χ2v) is 10.9. The summed E-state index contributed by atoms with van der Waals surface area (Å²) >= 11 is 0. The molecule has 2 heterocycles. The monoisotopic (exact) mass is 495 g/mol. The van der Waals surface area contributed by atoms with E-state index in [1.807, 2.05) is 45.0 Å². The fourth-order valence-corrected chi connectivity index (χ4v) is 5.82. The van der Waals surface area contributed by atoms with E-state index in [1.54, 1.807) is 0 Å². The van der Waals surface area contributed by atoms with Gasteiger partial charge >= 0.3 is 0 Å². The first-order valence-corrected chi connectivity index (χ1v) is 13.3. The number of anilines is 2. The number of piperazine rings is 1. The van der Waals surface area contributed by atoms with Crippen molar-refractivity contribution < 1.29 is 13.2 Å². The third-order valence-electron chi connectivity index (χ3n) is 6.80. The topological polar surface area (TPSA) is 87.5 Å². The van der Waals surface area contributed by atoms with Gasteiger partial charge in [0.15, 0.2) is 0 Å². The zero-order valence-corrected chi connectivity index (χ0v) is 21.8. The van der Waals surface area contributed by atoms with Crippen molar-refractivity contribution in [3.05, 3.63) is 70.4 Å². The van der Waals surface area contributed by atoms with Crippen LogP contribution in [-0.2, 0) is 16.6 Å². The Labute approximate surface area is 207 Å². The average Bonchev–Trinajstić information content (AvgIpc) is 3.29. The molecule has 1 aliphatic rings. The number of nitrogens with one attached hydrogen (secondary N) is 1. The maximum atomic E-state index is 13.6. The summed E-state index contributed by atoms with van der Waals surface area (Å²) in [7, 11) is -3.94. The molecule has 0 aliphatic carbocycles. The minimum Gasteiger partial charge on any atom is -0.369 e. The highest BCUT2D eigenvalue weighted by atomic mass is 32.2. The van der Waals surface area contributed by atoms with Gasteiger partial charge in [0.1, 0.15) is 0 Å². The van der Waals surface area contributed by atoms with E-state index in [-0.39, 0.29) is 10.6 Å². The molecule has 1 saturated heterocycles. The quantitative estimate of drug-likeness (QED) is 0.560. The van der Waals surface area contributed by atoms with Crippen molar-refractivity contribution in [2.75, 3.05) is 36.4 Å². The SMILES string of the molecule is CCn1cc(C(=O)Nc2ccc(C)c(C)c2)c(S(=O)(=O)N2CCN(c3cccc(C)c3C)CC2)n1. The number of benzene rings is 2. The second kappa shape index (κ2) is 9.83. The van der Waals surface area contributed by atoms with Crippen LogP contribution < -0.4 is 10.2 Å². The van der Waals surface area contributed by atoms with Crippen LogP contribution in [0, 0.1) is 27.7 Å². The van der Waals surface area contributed by atoms with Crippen LogP contribution in [0.5, 0.6) is 0 Å². The van der Waals surface area contributed by atoms with E-state index < -0.39 is 15.9 Å². The van der Waals surface area contributed by atoms with Gasteiger partial charge in [-0.05, 0) is 75.1 Å². The van der Waals surface area contributed by atoms with Gasteiger partial charge < -0.3 is 10.2 Å². The van der Waals surface area contributed by atoms with Gasteiger partial charge in [-0.25, -0.2) is 8.42 Å². The first-order chi connectivity index (χ1) is 16.6. The lowest BCUT2D eigenvalue weighted by atomic mass is 10.1. The number of hydrogen-bond donors (Lipinski definition) is 1. The van der Waals surface area contributed by atoms with E-state index in [4.69, 9.17) is 0 Å². The molecule has 3 aromatic rings. The standard InChI is InChI=1S/C26H33N5O3S/c1-6-30-17-23(25(32)27-22-11-10-18(2)20(4)16-22)26(28-30)35(33,34)31-14-12-29(13-15-31)24-9-7-8-19(3)21(24)5/h7-11,16-17H,6,12-15H2,1-5H3,(H,27,32). The van der Waals surface area contributed by atoms with Crippen LogP contribution in [0.2, 0.25) is 0 Å². The Kier molecular flexibility index (Phi) is 7.00. The predicted molar refractivity (Wildman–Crippen MR) is 139 cm³/mol. The second-order valence-electron chi connectivity index (χ2n) is 9.07. The highest BCUT2D eigenvalue weighted by Gasteiger charge is 2.35. The number of carbonyl (C=O) groups excluding carboxylic acids is 1. The van der Waals surface area contributed by atoms with Crippen molar-refractivity contribution in [2.45, 2.75) is 46.2 Å². The van der Waals surface area contributed by atoms with Gasteiger partial charge in [-0.2, -0.15) is 9.40 Å². The van der Waals surface area contributed by atoms with Crippen molar-refractivity contribution in [1.29, 1.82) is 0 Å². The van der Waals surface area contributed by atoms with E-state index in [2.05, 4.69) is 41.3 Å². The molecule has 2 aromatic carbocycles. The smallest absolute Gasteiger partial charge is 0.263 e. The third-order valence-corrected chi connectivity index (χ3v) is 8.64. The number of hydrogen-bond acceptors (Lipinski definition) is 5. The van der Waals surface area contributed by atoms with Gasteiger partial charge in [0.2, 0.25) is 5.03 Å². The van der Waals surface area contributed by atoms with Crippen molar-refractivity contribution in [3.63, 3.8) is 0 Å². The fourth-order valence-electron chi connectivity index (χ4n) is 4.30. The summed E-state index contributed by atoms with van der Waals surface area (Å²) in [6.07, 6.45) is 1.51. The molecule has 35 heavy (non-hydrogen) atoms. The number of aromatic nitrogens is 2. The Bertz CT molecular complexity index is 1360. The Hall–Kier alpha value is -3.17. The van der Waals surface area contributed by atoms with Crippen molar-refractivity contribution >= 4 is 27.3 Å². The van der Waals surface area contributed by atoms with Crippen molar-refractivity contribution in [3.8, 4) is 0 Å². The van der Waals surface area contributed by atoms with Gasteiger partial charge in [0, 0.05) is 50.3 Å². The first kappa shape index (κ1) is 24.9. The Balaban J connectivity index is 1.56. The molecule has 8 nitrogen and oxygen atoms in total. The number of rotatable bonds is 6. The number of amides is 1. The van der Waals surface area contributed by atoms with Gasteiger partial charge in [-0.1, -0.05) is 18.2 Å². The lowest BCUT2D eigenvalue weighted by Gasteiger charge is -2.36. The third kappa shape index (κ3) is 4.97. The molecular weight excluding hydrogens is 462 g/mol. The molecule has 0 radical (unpaired) electrons. The van der Waals surface area contributed by atoms with Gasteiger partial charge in [-0.15, -0.1) is 0 Å². The number of aryl methyl sites for hydroxylation is 4. The number of sulfonamides is 1. The van der Waals surface area contributed by atoms with Gasteiger partial charge in [-0.3, -0.25) is 9.48 Å². The van der Waals surface area contributed by atoms with Crippen molar-refractivity contribution in [1.82, 2.24) is 14.1 Å². The Morgan fingerprint density at radius 2 is 1.69 bits per heavy atom. The lowest BCUT2D eigenvalue weighted by Crippen LogP contribution is -2.49. The fraction of sp³-hybridized carbons (Fsp3) is 0.385. The molecule has 4 rings (SSSR count). The summed E-state index contributed by atoms with van der Waals surface area (Å²) in [6, 6.07) is 11.8. The van der Waals surface area contributed by atoms with Crippen molar-refractivity contribution in [2.24, 2.45) is 0 Å². The largest absolute Gasteiger partial charge is 0.369 e. The molecule has 186 valence electrons. The predicted octanol–water partition coefficient (Wildman–Crippen LogP) is 3.90. The minimum atomic E-state index is -3.94. The summed E-state index contributed by atoms with van der Waals surface area (Å²) in [6.45, 7) is 12.2. The molecule has 0 unspecified atom stereocenters. The average molecular weight is 496 g/mol. The molecule has 1 aliphatic heterocycles. The Morgan fingerprint density at radius 3 is 2.34 bits per heavy atom. The van der Waals surface area contributed by atoms with Crippen LogP contribution in [0.3, 0.4) is 0 Å². The van der Waals surface area contributed by atoms with E-state index in [1.165, 1.54) is 26.3 Å². The van der Waals surface area contributed by atoms with Crippen LogP contribution in [0.25, 0.3) is 0 Å². The lowest BCUT2D eigenvalue weighted by molar-refractivity contribution is 0.102. The molecule has 1 fully saturated rings. The normalized spacial score (nSPS) is 14.8. The highest BCUT2D eigenvalue weighted by molar-refractivity contribution is 7.89. The molecule has 0 saturated carbocycles. The van der Waals surface area contributed by atoms with Gasteiger partial charge in [0.05, 0.1) is 5.56 Å². The Morgan fingerprint density at radius 1 is 0.971 bits per heavy atom. The zero-order chi connectivity index (χ0) is 25.3.